The van der Waals surface area contributed by atoms with Crippen LogP contribution >= 0.6 is 28.1 Å². The van der Waals surface area contributed by atoms with E-state index in [9.17, 15) is 0 Å². The highest BCUT2D eigenvalue weighted by Gasteiger charge is 2.51. The van der Waals surface area contributed by atoms with Crippen molar-refractivity contribution in [3.05, 3.63) is 57.6 Å². The fourth-order valence-electron chi connectivity index (χ4n) is 4.36. The molecule has 1 aliphatic heterocycles. The Morgan fingerprint density at radius 3 is 2.37 bits per heavy atom. The van der Waals surface area contributed by atoms with Gasteiger partial charge >= 0.3 is 0 Å². The van der Waals surface area contributed by atoms with Crippen molar-refractivity contribution in [2.45, 2.75) is 52.0 Å². The number of amidine groups is 1. The van der Waals surface area contributed by atoms with Crippen molar-refractivity contribution in [3.8, 4) is 0 Å². The number of nitrogens with zero attached hydrogens (tertiary/aromatic N) is 2. The molecule has 1 spiro atoms. The van der Waals surface area contributed by atoms with Crippen LogP contribution in [-0.4, -0.2) is 16.5 Å². The molecule has 1 aliphatic carbocycles. The Morgan fingerprint density at radius 2 is 1.74 bits per heavy atom. The number of hydrogen-bond donors (Lipinski definition) is 1. The molecular formula is C22H24BrN3S. The van der Waals surface area contributed by atoms with Crippen molar-refractivity contribution >= 4 is 50.5 Å². The maximum Gasteiger partial charge on any atom is 0.202 e. The van der Waals surface area contributed by atoms with Gasteiger partial charge in [0.05, 0.1) is 5.69 Å². The molecular weight excluding hydrogens is 418 g/mol. The molecule has 1 heterocycles. The molecule has 0 aromatic heterocycles. The molecule has 2 aliphatic rings. The summed E-state index contributed by atoms with van der Waals surface area (Å²) in [5.74, 6) is 0.995. The van der Waals surface area contributed by atoms with Crippen molar-refractivity contribution in [3.63, 3.8) is 0 Å². The summed E-state index contributed by atoms with van der Waals surface area (Å²) in [4.78, 5) is 7.14. The summed E-state index contributed by atoms with van der Waals surface area (Å²) >= 11 is 9.51. The number of anilines is 2. The van der Waals surface area contributed by atoms with E-state index < -0.39 is 0 Å². The van der Waals surface area contributed by atoms with E-state index in [0.29, 0.717) is 5.11 Å². The van der Waals surface area contributed by atoms with Crippen LogP contribution < -0.4 is 10.2 Å². The number of halogens is 1. The monoisotopic (exact) mass is 441 g/mol. The van der Waals surface area contributed by atoms with Gasteiger partial charge in [-0.05, 0) is 90.6 Å². The van der Waals surface area contributed by atoms with Gasteiger partial charge in [-0.3, -0.25) is 0 Å². The number of hydrogen-bond acceptors (Lipinski definition) is 2. The highest BCUT2D eigenvalue weighted by Crippen LogP contribution is 2.45. The topological polar surface area (TPSA) is 27.6 Å². The summed E-state index contributed by atoms with van der Waals surface area (Å²) in [6, 6.07) is 12.8. The van der Waals surface area contributed by atoms with Crippen LogP contribution in [-0.2, 0) is 0 Å². The summed E-state index contributed by atoms with van der Waals surface area (Å²) in [6.45, 7) is 6.38. The van der Waals surface area contributed by atoms with Crippen LogP contribution in [0.25, 0.3) is 0 Å². The van der Waals surface area contributed by atoms with Crippen LogP contribution in [0.15, 0.2) is 45.9 Å². The normalized spacial score (nSPS) is 18.3. The van der Waals surface area contributed by atoms with Crippen molar-refractivity contribution in [2.75, 3.05) is 10.2 Å². The van der Waals surface area contributed by atoms with Crippen molar-refractivity contribution in [1.82, 2.24) is 0 Å². The van der Waals surface area contributed by atoms with Gasteiger partial charge in [-0.15, -0.1) is 0 Å². The molecule has 27 heavy (non-hydrogen) atoms. The number of rotatable bonds is 2. The summed E-state index contributed by atoms with van der Waals surface area (Å²) in [6.07, 6.45) is 4.50. The van der Waals surface area contributed by atoms with E-state index in [-0.39, 0.29) is 5.54 Å². The van der Waals surface area contributed by atoms with Gasteiger partial charge in [0, 0.05) is 10.2 Å². The number of aliphatic imine (C=N–C) groups is 1. The predicted octanol–water partition coefficient (Wildman–Crippen LogP) is 6.30. The average molecular weight is 442 g/mol. The predicted molar refractivity (Wildman–Crippen MR) is 122 cm³/mol. The number of nitrogens with one attached hydrogen (secondary N) is 1. The van der Waals surface area contributed by atoms with Crippen LogP contribution in [0.2, 0.25) is 0 Å². The molecule has 140 valence electrons. The van der Waals surface area contributed by atoms with Crippen LogP contribution in [0, 0.1) is 20.8 Å². The quantitative estimate of drug-likeness (QED) is 0.553. The van der Waals surface area contributed by atoms with Gasteiger partial charge in [0.25, 0.3) is 0 Å². The van der Waals surface area contributed by atoms with E-state index in [1.165, 1.54) is 29.5 Å². The fraction of sp³-hybridized carbons (Fsp3) is 0.364. The van der Waals surface area contributed by atoms with E-state index >= 15 is 0 Å². The lowest BCUT2D eigenvalue weighted by Gasteiger charge is -2.38. The van der Waals surface area contributed by atoms with Crippen molar-refractivity contribution < 1.29 is 0 Å². The summed E-state index contributed by atoms with van der Waals surface area (Å²) in [5.41, 5.74) is 5.76. The first-order valence-corrected chi connectivity index (χ1v) is 10.7. The Morgan fingerprint density at radius 1 is 1.07 bits per heavy atom. The van der Waals surface area contributed by atoms with Crippen molar-refractivity contribution in [2.24, 2.45) is 4.99 Å². The lowest BCUT2D eigenvalue weighted by Crippen LogP contribution is -2.52. The molecule has 5 heteroatoms. The van der Waals surface area contributed by atoms with Crippen LogP contribution in [0.4, 0.5) is 11.4 Å². The first-order valence-electron chi connectivity index (χ1n) is 9.45. The van der Waals surface area contributed by atoms with E-state index in [1.54, 1.807) is 0 Å². The summed E-state index contributed by atoms with van der Waals surface area (Å²) < 4.78 is 1.07. The molecule has 0 saturated heterocycles. The van der Waals surface area contributed by atoms with Crippen molar-refractivity contribution in [1.29, 1.82) is 0 Å². The third kappa shape index (κ3) is 3.11. The smallest absolute Gasteiger partial charge is 0.202 e. The van der Waals surface area contributed by atoms with Crippen LogP contribution in [0.5, 0.6) is 0 Å². The lowest BCUT2D eigenvalue weighted by molar-refractivity contribution is 0.594. The summed E-state index contributed by atoms with van der Waals surface area (Å²) in [7, 11) is 0. The first-order chi connectivity index (χ1) is 12.9. The second-order valence-corrected chi connectivity index (χ2v) is 8.88. The molecule has 3 nitrogen and oxygen atoms in total. The Labute approximate surface area is 175 Å². The number of thiocarbonyl (C=S) groups is 1. The number of aryl methyl sites for hydroxylation is 3. The number of para-hydroxylation sites is 1. The zero-order valence-electron chi connectivity index (χ0n) is 16.0. The maximum atomic E-state index is 5.76. The van der Waals surface area contributed by atoms with Gasteiger partial charge in [0.2, 0.25) is 5.11 Å². The highest BCUT2D eigenvalue weighted by atomic mass is 79.9. The molecule has 0 unspecified atom stereocenters. The molecule has 4 rings (SSSR count). The third-order valence-corrected chi connectivity index (χ3v) is 6.68. The Hall–Kier alpha value is -1.72. The van der Waals surface area contributed by atoms with Gasteiger partial charge < -0.3 is 10.2 Å². The van der Waals surface area contributed by atoms with Gasteiger partial charge in [0.1, 0.15) is 11.4 Å². The zero-order chi connectivity index (χ0) is 19.2. The van der Waals surface area contributed by atoms with E-state index in [4.69, 9.17) is 17.2 Å². The molecule has 0 bridgehead atoms. The zero-order valence-corrected chi connectivity index (χ0v) is 18.4. The van der Waals surface area contributed by atoms with Gasteiger partial charge in [0.15, 0.2) is 0 Å². The molecule has 2 aromatic carbocycles. The molecule has 0 atom stereocenters. The van der Waals surface area contributed by atoms with Crippen LogP contribution in [0.1, 0.15) is 42.4 Å². The first kappa shape index (κ1) is 18.6. The minimum atomic E-state index is -0.177. The molecule has 0 radical (unpaired) electrons. The highest BCUT2D eigenvalue weighted by molar-refractivity contribution is 9.10. The Kier molecular flexibility index (Phi) is 4.85. The van der Waals surface area contributed by atoms with E-state index in [1.807, 2.05) is 0 Å². The van der Waals surface area contributed by atoms with E-state index in [2.05, 4.69) is 83.3 Å². The SMILES string of the molecule is Cc1ccc(N2C(=S)N=C(Nc3c(C)cccc3C)C23CCCC3)c(Br)c1. The standard InChI is InChI=1S/C22H24BrN3S/c1-14-9-10-18(17(23)13-14)26-21(27)25-20(22(26)11-4-5-12-22)24-19-15(2)7-6-8-16(19)3/h6-10,13H,4-5,11-12H2,1-3H3,(H,24,25,27). The molecule has 1 N–H and O–H groups in total. The Bertz CT molecular complexity index is 924. The third-order valence-electron chi connectivity index (χ3n) is 5.77. The van der Waals surface area contributed by atoms with Gasteiger partial charge in [-0.2, -0.15) is 0 Å². The largest absolute Gasteiger partial charge is 0.341 e. The maximum absolute atomic E-state index is 5.76. The average Bonchev–Trinajstić information content (AvgIpc) is 3.19. The minimum Gasteiger partial charge on any atom is -0.341 e. The van der Waals surface area contributed by atoms with Gasteiger partial charge in [-0.1, -0.05) is 37.1 Å². The van der Waals surface area contributed by atoms with Crippen LogP contribution in [0.3, 0.4) is 0 Å². The van der Waals surface area contributed by atoms with Gasteiger partial charge in [-0.25, -0.2) is 4.99 Å². The fourth-order valence-corrected chi connectivity index (χ4v) is 5.40. The molecule has 1 saturated carbocycles. The molecule has 2 aromatic rings. The molecule has 0 amide bonds. The second kappa shape index (κ2) is 7.02. The summed E-state index contributed by atoms with van der Waals surface area (Å²) in [5, 5.41) is 4.33. The van der Waals surface area contributed by atoms with E-state index in [0.717, 1.165) is 34.5 Å². The Balaban J connectivity index is 1.78. The minimum absolute atomic E-state index is 0.177. The second-order valence-electron chi connectivity index (χ2n) is 7.66. The number of benzene rings is 2. The molecule has 1 fully saturated rings. The lowest BCUT2D eigenvalue weighted by atomic mass is 9.93.